The van der Waals surface area contributed by atoms with E-state index in [1.807, 2.05) is 20.0 Å². The fourth-order valence-electron chi connectivity index (χ4n) is 1.16. The Kier molecular flexibility index (Phi) is 2.53. The minimum atomic E-state index is 0.750. The highest BCUT2D eigenvalue weighted by Crippen LogP contribution is 2.14. The molecule has 0 radical (unpaired) electrons. The van der Waals surface area contributed by atoms with E-state index in [-0.39, 0.29) is 0 Å². The summed E-state index contributed by atoms with van der Waals surface area (Å²) in [6, 6.07) is 1.83. The molecule has 0 saturated carbocycles. The predicted molar refractivity (Wildman–Crippen MR) is 57.3 cm³/mol. The Morgan fingerprint density at radius 2 is 1.87 bits per heavy atom. The Labute approximate surface area is 87.6 Å². The van der Waals surface area contributed by atoms with Gasteiger partial charge in [0.15, 0.2) is 0 Å². The summed E-state index contributed by atoms with van der Waals surface area (Å²) >= 11 is 0. The molecule has 0 unspecified atom stereocenters. The number of aryl methyl sites for hydroxylation is 1. The molecular formula is C10H11N5. The molecule has 5 nitrogen and oxygen atoms in total. The van der Waals surface area contributed by atoms with Gasteiger partial charge in [0.2, 0.25) is 0 Å². The molecule has 2 aromatic rings. The van der Waals surface area contributed by atoms with E-state index in [1.54, 1.807) is 12.4 Å². The van der Waals surface area contributed by atoms with Crippen molar-refractivity contribution >= 4 is 5.82 Å². The molecule has 1 N–H and O–H groups in total. The molecule has 0 aromatic carbocycles. The van der Waals surface area contributed by atoms with Gasteiger partial charge in [-0.25, -0.2) is 9.97 Å². The minimum Gasteiger partial charge on any atom is -0.373 e. The summed E-state index contributed by atoms with van der Waals surface area (Å²) in [6.07, 6.45) is 4.93. The average molecular weight is 201 g/mol. The predicted octanol–water partition coefficient (Wildman–Crippen LogP) is 1.28. The zero-order chi connectivity index (χ0) is 10.7. The smallest absolute Gasteiger partial charge is 0.129 e. The second-order valence-corrected chi connectivity index (χ2v) is 3.08. The second kappa shape index (κ2) is 4.00. The fraction of sp³-hybridized carbons (Fsp3) is 0.200. The van der Waals surface area contributed by atoms with Crippen molar-refractivity contribution < 1.29 is 0 Å². The van der Waals surface area contributed by atoms with Crippen LogP contribution in [0.5, 0.6) is 0 Å². The molecule has 0 amide bonds. The van der Waals surface area contributed by atoms with Gasteiger partial charge in [0.1, 0.15) is 17.8 Å². The first-order valence-electron chi connectivity index (χ1n) is 4.58. The fourth-order valence-corrected chi connectivity index (χ4v) is 1.16. The highest BCUT2D eigenvalue weighted by atomic mass is 15.0. The van der Waals surface area contributed by atoms with Crippen LogP contribution in [0.25, 0.3) is 11.4 Å². The highest BCUT2D eigenvalue weighted by molar-refractivity contribution is 5.56. The van der Waals surface area contributed by atoms with E-state index in [0.717, 1.165) is 22.9 Å². The molecule has 0 aliphatic carbocycles. The zero-order valence-electron chi connectivity index (χ0n) is 8.60. The number of aromatic nitrogens is 4. The van der Waals surface area contributed by atoms with Crippen LogP contribution in [0.1, 0.15) is 5.69 Å². The SMILES string of the molecule is CNc1cc(-c2cnc(C)cn2)ncn1. The summed E-state index contributed by atoms with van der Waals surface area (Å²) < 4.78 is 0. The van der Waals surface area contributed by atoms with Gasteiger partial charge < -0.3 is 5.32 Å². The maximum Gasteiger partial charge on any atom is 0.129 e. The number of rotatable bonds is 2. The van der Waals surface area contributed by atoms with Crippen molar-refractivity contribution in [1.82, 2.24) is 19.9 Å². The van der Waals surface area contributed by atoms with E-state index in [1.165, 1.54) is 6.33 Å². The molecule has 0 bridgehead atoms. The highest BCUT2D eigenvalue weighted by Gasteiger charge is 2.02. The average Bonchev–Trinajstić information content (AvgIpc) is 2.30. The molecule has 0 saturated heterocycles. The van der Waals surface area contributed by atoms with Crippen LogP contribution in [0.3, 0.4) is 0 Å². The summed E-state index contributed by atoms with van der Waals surface area (Å²) in [4.78, 5) is 16.6. The van der Waals surface area contributed by atoms with Crippen molar-refractivity contribution in [3.05, 3.63) is 30.5 Å². The Balaban J connectivity index is 2.40. The maximum atomic E-state index is 4.24. The molecule has 2 rings (SSSR count). The van der Waals surface area contributed by atoms with E-state index in [9.17, 15) is 0 Å². The van der Waals surface area contributed by atoms with Crippen molar-refractivity contribution in [1.29, 1.82) is 0 Å². The van der Waals surface area contributed by atoms with Gasteiger partial charge >= 0.3 is 0 Å². The van der Waals surface area contributed by atoms with Crippen molar-refractivity contribution in [3.8, 4) is 11.4 Å². The van der Waals surface area contributed by atoms with Gasteiger partial charge in [0.25, 0.3) is 0 Å². The van der Waals surface area contributed by atoms with Gasteiger partial charge in [-0.05, 0) is 6.92 Å². The summed E-state index contributed by atoms with van der Waals surface area (Å²) in [7, 11) is 1.81. The van der Waals surface area contributed by atoms with Gasteiger partial charge in [-0.15, -0.1) is 0 Å². The third-order valence-electron chi connectivity index (χ3n) is 1.97. The van der Waals surface area contributed by atoms with Crippen LogP contribution in [0.2, 0.25) is 0 Å². The Morgan fingerprint density at radius 3 is 2.53 bits per heavy atom. The van der Waals surface area contributed by atoms with Gasteiger partial charge in [0.05, 0.1) is 17.6 Å². The van der Waals surface area contributed by atoms with Crippen LogP contribution >= 0.6 is 0 Å². The number of nitrogens with one attached hydrogen (secondary N) is 1. The van der Waals surface area contributed by atoms with Crippen molar-refractivity contribution in [2.45, 2.75) is 6.92 Å². The number of nitrogens with zero attached hydrogens (tertiary/aromatic N) is 4. The molecule has 2 heterocycles. The lowest BCUT2D eigenvalue weighted by molar-refractivity contribution is 1.09. The van der Waals surface area contributed by atoms with Crippen LogP contribution < -0.4 is 5.32 Å². The van der Waals surface area contributed by atoms with Crippen LogP contribution in [0.15, 0.2) is 24.8 Å². The number of hydrogen-bond donors (Lipinski definition) is 1. The summed E-state index contributed by atoms with van der Waals surface area (Å²) in [6.45, 7) is 1.90. The lowest BCUT2D eigenvalue weighted by Crippen LogP contribution is -1.96. The number of anilines is 1. The van der Waals surface area contributed by atoms with Crippen molar-refractivity contribution in [2.75, 3.05) is 12.4 Å². The molecule has 0 aliphatic rings. The molecule has 0 aliphatic heterocycles. The quantitative estimate of drug-likeness (QED) is 0.793. The van der Waals surface area contributed by atoms with Crippen LogP contribution in [0, 0.1) is 6.92 Å². The lowest BCUT2D eigenvalue weighted by atomic mass is 10.3. The second-order valence-electron chi connectivity index (χ2n) is 3.08. The largest absolute Gasteiger partial charge is 0.373 e. The van der Waals surface area contributed by atoms with Crippen LogP contribution in [-0.4, -0.2) is 27.0 Å². The van der Waals surface area contributed by atoms with Crippen LogP contribution in [0.4, 0.5) is 5.82 Å². The van der Waals surface area contributed by atoms with Gasteiger partial charge in [0, 0.05) is 19.3 Å². The van der Waals surface area contributed by atoms with E-state index in [4.69, 9.17) is 0 Å². The van der Waals surface area contributed by atoms with Gasteiger partial charge in [-0.3, -0.25) is 9.97 Å². The molecule has 5 heteroatoms. The Morgan fingerprint density at radius 1 is 1.00 bits per heavy atom. The summed E-state index contributed by atoms with van der Waals surface area (Å²) in [5.74, 6) is 0.766. The molecular weight excluding hydrogens is 190 g/mol. The standard InChI is InChI=1S/C10H11N5/c1-7-4-13-9(5-12-7)8-3-10(11-2)15-6-14-8/h3-6H,1-2H3,(H,11,14,15). The van der Waals surface area contributed by atoms with Crippen LogP contribution in [-0.2, 0) is 0 Å². The number of hydrogen-bond acceptors (Lipinski definition) is 5. The first kappa shape index (κ1) is 9.51. The minimum absolute atomic E-state index is 0.750. The Hall–Kier alpha value is -2.04. The maximum absolute atomic E-state index is 4.24. The van der Waals surface area contributed by atoms with E-state index in [2.05, 4.69) is 25.3 Å². The molecule has 0 atom stereocenters. The summed E-state index contributed by atoms with van der Waals surface area (Å²) in [5.41, 5.74) is 2.41. The third-order valence-corrected chi connectivity index (χ3v) is 1.97. The van der Waals surface area contributed by atoms with Gasteiger partial charge in [-0.2, -0.15) is 0 Å². The van der Waals surface area contributed by atoms with Gasteiger partial charge in [-0.1, -0.05) is 0 Å². The molecule has 76 valence electrons. The molecule has 15 heavy (non-hydrogen) atoms. The molecule has 0 spiro atoms. The summed E-state index contributed by atoms with van der Waals surface area (Å²) in [5, 5.41) is 2.95. The normalized spacial score (nSPS) is 10.0. The van der Waals surface area contributed by atoms with E-state index in [0.29, 0.717) is 0 Å². The Bertz CT molecular complexity index is 452. The first-order valence-corrected chi connectivity index (χ1v) is 4.58. The van der Waals surface area contributed by atoms with E-state index >= 15 is 0 Å². The van der Waals surface area contributed by atoms with Crippen molar-refractivity contribution in [3.63, 3.8) is 0 Å². The van der Waals surface area contributed by atoms with Crippen molar-refractivity contribution in [2.24, 2.45) is 0 Å². The zero-order valence-corrected chi connectivity index (χ0v) is 8.60. The third kappa shape index (κ3) is 2.07. The van der Waals surface area contributed by atoms with E-state index < -0.39 is 0 Å². The lowest BCUT2D eigenvalue weighted by Gasteiger charge is -2.02. The molecule has 0 fully saturated rings. The topological polar surface area (TPSA) is 63.6 Å². The first-order chi connectivity index (χ1) is 7.29. The monoisotopic (exact) mass is 201 g/mol. The molecule has 2 aromatic heterocycles.